The van der Waals surface area contributed by atoms with Gasteiger partial charge in [0.05, 0.1) is 16.6 Å². The number of hydrogen-bond acceptors (Lipinski definition) is 6. The third-order valence-electron chi connectivity index (χ3n) is 6.61. The molecule has 2 aromatic heterocycles. The van der Waals surface area contributed by atoms with E-state index in [2.05, 4.69) is 53.6 Å². The Kier molecular flexibility index (Phi) is 4.87. The highest BCUT2D eigenvalue weighted by Crippen LogP contribution is 2.42. The number of thiazole rings is 1. The van der Waals surface area contributed by atoms with Crippen LogP contribution in [0.4, 0.5) is 5.69 Å². The van der Waals surface area contributed by atoms with Gasteiger partial charge in [0.1, 0.15) is 0 Å². The second kappa shape index (κ2) is 7.92. The third-order valence-corrected chi connectivity index (χ3v) is 7.61. The van der Waals surface area contributed by atoms with Crippen LogP contribution in [-0.4, -0.2) is 27.6 Å². The highest BCUT2D eigenvalue weighted by atomic mass is 32.1. The molecule has 6 nitrogen and oxygen atoms in total. The number of rotatable bonds is 5. The van der Waals surface area contributed by atoms with Crippen molar-refractivity contribution in [3.05, 3.63) is 69.9 Å². The number of anilines is 1. The molecule has 2 aromatic carbocycles. The lowest BCUT2D eigenvalue weighted by molar-refractivity contribution is -0.117. The molecule has 1 saturated carbocycles. The van der Waals surface area contributed by atoms with Crippen molar-refractivity contribution in [2.24, 2.45) is 0 Å². The predicted octanol–water partition coefficient (Wildman–Crippen LogP) is 5.87. The molecule has 0 spiro atoms. The summed E-state index contributed by atoms with van der Waals surface area (Å²) >= 11 is 1.75. The molecule has 1 aliphatic heterocycles. The molecule has 3 heterocycles. The Morgan fingerprint density at radius 3 is 2.52 bits per heavy atom. The zero-order chi connectivity index (χ0) is 22.5. The Labute approximate surface area is 196 Å². The maximum atomic E-state index is 12.7. The second-order valence-electron chi connectivity index (χ2n) is 9.05. The van der Waals surface area contributed by atoms with Gasteiger partial charge in [-0.3, -0.25) is 4.79 Å². The Bertz CT molecular complexity index is 1340. The molecule has 1 saturated heterocycles. The number of benzene rings is 2. The summed E-state index contributed by atoms with van der Waals surface area (Å²) in [7, 11) is 0. The van der Waals surface area contributed by atoms with E-state index in [-0.39, 0.29) is 11.8 Å². The molecule has 0 N–H and O–H groups in total. The number of carbonyl (C=O) groups is 1. The van der Waals surface area contributed by atoms with E-state index >= 15 is 0 Å². The van der Waals surface area contributed by atoms with Crippen molar-refractivity contribution in [2.75, 3.05) is 11.4 Å². The number of aromatic nitrogens is 3. The fraction of sp³-hybridized carbons (Fsp3) is 0.308. The summed E-state index contributed by atoms with van der Waals surface area (Å²) < 4.78 is 5.58. The maximum Gasteiger partial charge on any atom is 0.232 e. The van der Waals surface area contributed by atoms with E-state index in [1.165, 1.54) is 29.0 Å². The van der Waals surface area contributed by atoms with Gasteiger partial charge in [-0.25, -0.2) is 4.98 Å². The van der Waals surface area contributed by atoms with E-state index in [0.717, 1.165) is 22.5 Å². The van der Waals surface area contributed by atoms with Crippen molar-refractivity contribution >= 4 is 22.9 Å². The molecule has 33 heavy (non-hydrogen) atoms. The summed E-state index contributed by atoms with van der Waals surface area (Å²) in [6.45, 7) is 4.68. The summed E-state index contributed by atoms with van der Waals surface area (Å²) in [5.41, 5.74) is 6.32. The maximum absolute atomic E-state index is 12.7. The lowest BCUT2D eigenvalue weighted by atomic mass is 10.1. The summed E-state index contributed by atoms with van der Waals surface area (Å²) in [4.78, 5) is 23.9. The van der Waals surface area contributed by atoms with E-state index < -0.39 is 0 Å². The molecule has 0 radical (unpaired) electrons. The van der Waals surface area contributed by atoms with Crippen LogP contribution >= 0.6 is 11.3 Å². The quantitative estimate of drug-likeness (QED) is 0.375. The van der Waals surface area contributed by atoms with Gasteiger partial charge in [0.2, 0.25) is 17.6 Å². The van der Waals surface area contributed by atoms with E-state index in [9.17, 15) is 4.79 Å². The molecule has 0 bridgehead atoms. The molecule has 4 aromatic rings. The average Bonchev–Trinajstić information content (AvgIpc) is 3.22. The van der Waals surface area contributed by atoms with Crippen molar-refractivity contribution in [3.8, 4) is 22.6 Å². The first-order valence-corrected chi connectivity index (χ1v) is 12.2. The van der Waals surface area contributed by atoms with Crippen LogP contribution in [0.25, 0.3) is 22.6 Å². The van der Waals surface area contributed by atoms with Crippen molar-refractivity contribution in [2.45, 2.75) is 44.9 Å². The lowest BCUT2D eigenvalue weighted by Crippen LogP contribution is -2.24. The Hall–Kier alpha value is -3.32. The van der Waals surface area contributed by atoms with Crippen LogP contribution in [0.5, 0.6) is 0 Å². The zero-order valence-electron chi connectivity index (χ0n) is 18.6. The molecule has 1 aliphatic carbocycles. The van der Waals surface area contributed by atoms with Gasteiger partial charge in [0.25, 0.3) is 0 Å². The summed E-state index contributed by atoms with van der Waals surface area (Å²) in [5, 5.41) is 7.57. The van der Waals surface area contributed by atoms with Crippen molar-refractivity contribution in [1.29, 1.82) is 0 Å². The van der Waals surface area contributed by atoms with Crippen LogP contribution in [0, 0.1) is 13.8 Å². The average molecular weight is 457 g/mol. The highest BCUT2D eigenvalue weighted by molar-refractivity contribution is 7.10. The van der Waals surface area contributed by atoms with E-state index in [1.807, 2.05) is 23.1 Å². The van der Waals surface area contributed by atoms with Gasteiger partial charge >= 0.3 is 0 Å². The molecule has 2 fully saturated rings. The molecule has 7 heteroatoms. The highest BCUT2D eigenvalue weighted by Gasteiger charge is 2.35. The van der Waals surface area contributed by atoms with Crippen LogP contribution in [0.15, 0.2) is 52.4 Å². The van der Waals surface area contributed by atoms with Crippen LogP contribution < -0.4 is 4.90 Å². The Balaban J connectivity index is 1.18. The molecule has 166 valence electrons. The van der Waals surface area contributed by atoms with Crippen LogP contribution in [-0.2, 0) is 4.79 Å². The smallest absolute Gasteiger partial charge is 0.232 e. The Morgan fingerprint density at radius 2 is 1.76 bits per heavy atom. The van der Waals surface area contributed by atoms with Gasteiger partial charge in [-0.05, 0) is 49.9 Å². The fourth-order valence-electron chi connectivity index (χ4n) is 4.26. The normalized spacial score (nSPS) is 18.3. The topological polar surface area (TPSA) is 72.1 Å². The van der Waals surface area contributed by atoms with Gasteiger partial charge in [0.15, 0.2) is 0 Å². The number of amides is 1. The van der Waals surface area contributed by atoms with E-state index in [4.69, 9.17) is 9.51 Å². The summed E-state index contributed by atoms with van der Waals surface area (Å²) in [6, 6.07) is 14.2. The van der Waals surface area contributed by atoms with Gasteiger partial charge in [-0.15, -0.1) is 11.3 Å². The number of hydrogen-bond donors (Lipinski definition) is 0. The van der Waals surface area contributed by atoms with Crippen LogP contribution in [0.2, 0.25) is 0 Å². The van der Waals surface area contributed by atoms with Crippen molar-refractivity contribution in [1.82, 2.24) is 15.1 Å². The van der Waals surface area contributed by atoms with Gasteiger partial charge < -0.3 is 9.42 Å². The summed E-state index contributed by atoms with van der Waals surface area (Å²) in [6.07, 6.45) is 2.91. The Morgan fingerprint density at radius 1 is 0.970 bits per heavy atom. The van der Waals surface area contributed by atoms with Crippen LogP contribution in [0.1, 0.15) is 53.1 Å². The van der Waals surface area contributed by atoms with E-state index in [1.54, 1.807) is 11.3 Å². The largest absolute Gasteiger partial charge is 0.339 e. The lowest BCUT2D eigenvalue weighted by Gasteiger charge is -2.17. The van der Waals surface area contributed by atoms with Gasteiger partial charge in [-0.2, -0.15) is 4.98 Å². The van der Waals surface area contributed by atoms with Crippen molar-refractivity contribution < 1.29 is 9.32 Å². The van der Waals surface area contributed by atoms with Crippen LogP contribution in [0.3, 0.4) is 0 Å². The minimum atomic E-state index is -0.101. The summed E-state index contributed by atoms with van der Waals surface area (Å²) in [5.74, 6) is 1.72. The fourth-order valence-corrected chi connectivity index (χ4v) is 5.26. The SMILES string of the molecule is Cc1ccc(N2CC(c3nc(-c4ccc(-c5csc(C6CC6)n5)cc4)no3)CC2=O)cc1C. The third kappa shape index (κ3) is 3.86. The first-order chi connectivity index (χ1) is 16.0. The van der Waals surface area contributed by atoms with Crippen molar-refractivity contribution in [3.63, 3.8) is 0 Å². The molecular weight excluding hydrogens is 432 g/mol. The van der Waals surface area contributed by atoms with Gasteiger partial charge in [0, 0.05) is 41.1 Å². The van der Waals surface area contributed by atoms with Gasteiger partial charge in [-0.1, -0.05) is 35.5 Å². The minimum absolute atomic E-state index is 0.0844. The zero-order valence-corrected chi connectivity index (χ0v) is 19.4. The predicted molar refractivity (Wildman–Crippen MR) is 128 cm³/mol. The first-order valence-electron chi connectivity index (χ1n) is 11.3. The second-order valence-corrected chi connectivity index (χ2v) is 9.94. The first kappa shape index (κ1) is 20.3. The number of aryl methyl sites for hydroxylation is 2. The molecule has 1 unspecified atom stereocenters. The molecule has 2 aliphatic rings. The number of nitrogens with zero attached hydrogens (tertiary/aromatic N) is 4. The monoisotopic (exact) mass is 456 g/mol. The standard InChI is InChI=1S/C26H24N4O2S/c1-15-3-10-21(11-16(15)2)30-13-20(12-23(30)31)25-28-24(29-32-25)18-6-4-17(5-7-18)22-14-33-26(27-22)19-8-9-19/h3-7,10-11,14,19-20H,8-9,12-13H2,1-2H3. The molecule has 1 atom stereocenters. The number of carbonyl (C=O) groups excluding carboxylic acids is 1. The molecule has 6 rings (SSSR count). The molecular formula is C26H24N4O2S. The minimum Gasteiger partial charge on any atom is -0.339 e. The molecule has 1 amide bonds. The van der Waals surface area contributed by atoms with E-state index in [0.29, 0.717) is 30.6 Å².